The predicted molar refractivity (Wildman–Crippen MR) is 218 cm³/mol. The van der Waals surface area contributed by atoms with Gasteiger partial charge in [-0.25, -0.2) is 19.4 Å². The molecule has 7 heterocycles. The molecule has 322 valence electrons. The molecular formula is C32H31N11O13S5. The minimum atomic E-state index is -1.35. The molecule has 2 fully saturated rings. The summed E-state index contributed by atoms with van der Waals surface area (Å²) in [6, 6.07) is 1.18. The van der Waals surface area contributed by atoms with E-state index in [0.717, 1.165) is 20.4 Å². The van der Waals surface area contributed by atoms with Crippen LogP contribution in [0, 0.1) is 0 Å². The minimum Gasteiger partial charge on any atom is -0.477 e. The van der Waals surface area contributed by atoms with E-state index in [1.54, 1.807) is 17.6 Å². The molecule has 3 aromatic heterocycles. The van der Waals surface area contributed by atoms with Crippen molar-refractivity contribution in [3.63, 3.8) is 0 Å². The van der Waals surface area contributed by atoms with E-state index in [9.17, 15) is 43.8 Å². The van der Waals surface area contributed by atoms with Gasteiger partial charge in [-0.3, -0.25) is 29.0 Å². The number of rotatable bonds is 15. The van der Waals surface area contributed by atoms with Crippen molar-refractivity contribution in [3.05, 3.63) is 64.0 Å². The average molecular weight is 938 g/mol. The standard InChI is InChI=1S/C16H15N7O5S4.C16H16N4O8S/c1-28-21-9(7-5-31-16(17)19-7)12(24)20-10-13(25)23-11(15(26)27)6(4-30-14(10)23)3-29-8-2-18-22-32-8;1-26-19-9(8-3-2-4-27-8)12(21)18-10-13(22)20-11(15(23)24)7(5-28-16(17)25)6-29-14(10)20/h2,5,10,14H,3-4H2,1H3,(H2,17,19)(H,20,24)(H,26,27);2-4,10,14H,5-6H2,1H3,(H2,17,25)(H,18,21)(H,23,24)/b21-9-;19-9+/t2*10-,14-/m11/s1. The Morgan fingerprint density at radius 2 is 1.54 bits per heavy atom. The SMILES string of the molecule is CO/N=C(/C(=O)N[C@@H]1C(=O)N2C(C(=O)O)=C(COC(N)=O)CS[C@H]12)c1ccco1.CO/N=C(\C(=O)N[C@@H]1C(=O)N2C(C(=O)O)=C(CSc3cnns3)CS[C@H]12)c1csc(N)n1. The molecule has 61 heavy (non-hydrogen) atoms. The zero-order valence-corrected chi connectivity index (χ0v) is 35.3. The first-order chi connectivity index (χ1) is 29.2. The van der Waals surface area contributed by atoms with Crippen molar-refractivity contribution in [1.82, 2.24) is 35.0 Å². The number of aromatic nitrogens is 3. The number of carboxylic acid groups (broad SMARTS) is 2. The lowest BCUT2D eigenvalue weighted by Crippen LogP contribution is -2.71. The monoisotopic (exact) mass is 937 g/mol. The van der Waals surface area contributed by atoms with Gasteiger partial charge in [-0.1, -0.05) is 14.8 Å². The zero-order valence-electron chi connectivity index (χ0n) is 31.2. The molecule has 0 radical (unpaired) electrons. The number of oxime groups is 2. The molecular weight excluding hydrogens is 907 g/mol. The number of thiazole rings is 1. The highest BCUT2D eigenvalue weighted by atomic mass is 32.2. The lowest BCUT2D eigenvalue weighted by Gasteiger charge is -2.49. The summed E-state index contributed by atoms with van der Waals surface area (Å²) in [5, 5.41) is 36.1. The van der Waals surface area contributed by atoms with Crippen molar-refractivity contribution in [2.24, 2.45) is 16.0 Å². The number of nitrogens with two attached hydrogens (primary N) is 2. The molecule has 0 saturated carbocycles. The summed E-state index contributed by atoms with van der Waals surface area (Å²) in [6.45, 7) is -0.347. The number of carboxylic acids is 2. The Kier molecular flexibility index (Phi) is 14.2. The van der Waals surface area contributed by atoms with Gasteiger partial charge >= 0.3 is 18.0 Å². The third-order valence-corrected chi connectivity index (χ3v) is 13.8. The number of fused-ring (bicyclic) bond motifs is 2. The van der Waals surface area contributed by atoms with E-state index in [2.05, 4.69) is 45.1 Å². The Balaban J connectivity index is 0.000000205. The molecule has 0 aliphatic carbocycles. The number of hydrogen-bond acceptors (Lipinski definition) is 22. The quantitative estimate of drug-likeness (QED) is 0.0502. The zero-order chi connectivity index (χ0) is 44.0. The summed E-state index contributed by atoms with van der Waals surface area (Å²) < 4.78 is 14.4. The first-order valence-corrected chi connectivity index (χ1v) is 21.7. The van der Waals surface area contributed by atoms with Crippen molar-refractivity contribution >= 4 is 116 Å². The topological polar surface area (TPSA) is 347 Å². The van der Waals surface area contributed by atoms with Crippen molar-refractivity contribution in [1.29, 1.82) is 0 Å². The van der Waals surface area contributed by atoms with Crippen LogP contribution in [0.5, 0.6) is 0 Å². The number of nitrogen functional groups attached to an aromatic ring is 1. The van der Waals surface area contributed by atoms with Crippen molar-refractivity contribution < 1.29 is 62.6 Å². The summed E-state index contributed by atoms with van der Waals surface area (Å²) in [4.78, 5) is 101. The number of aliphatic carboxylic acids is 2. The molecule has 5 amide bonds. The highest BCUT2D eigenvalue weighted by Crippen LogP contribution is 2.42. The number of carbonyl (C=O) groups excluding carboxylic acids is 5. The van der Waals surface area contributed by atoms with Crippen LogP contribution < -0.4 is 22.1 Å². The third kappa shape index (κ3) is 9.58. The van der Waals surface area contributed by atoms with E-state index in [0.29, 0.717) is 17.1 Å². The number of β-lactam (4-membered cyclic amide) rings is 2. The normalized spacial score (nSPS) is 20.9. The maximum Gasteiger partial charge on any atom is 0.404 e. The molecule has 2 saturated heterocycles. The third-order valence-electron chi connectivity index (χ3n) is 8.51. The van der Waals surface area contributed by atoms with Crippen LogP contribution in [0.25, 0.3) is 0 Å². The average Bonchev–Trinajstić information content (AvgIpc) is 4.05. The Bertz CT molecular complexity index is 2350. The highest BCUT2D eigenvalue weighted by Gasteiger charge is 2.56. The van der Waals surface area contributed by atoms with Gasteiger partial charge in [0, 0.05) is 28.2 Å². The summed E-state index contributed by atoms with van der Waals surface area (Å²) >= 11 is 6.35. The lowest BCUT2D eigenvalue weighted by atomic mass is 10.0. The number of thioether (sulfide) groups is 3. The van der Waals surface area contributed by atoms with Crippen molar-refractivity contribution in [3.8, 4) is 0 Å². The molecule has 0 unspecified atom stereocenters. The number of furan rings is 1. The van der Waals surface area contributed by atoms with Crippen LogP contribution in [-0.2, 0) is 43.2 Å². The largest absolute Gasteiger partial charge is 0.477 e. The summed E-state index contributed by atoms with van der Waals surface area (Å²) in [5.41, 5.74) is 11.0. The van der Waals surface area contributed by atoms with Gasteiger partial charge in [-0.2, -0.15) is 0 Å². The number of carbonyl (C=O) groups is 7. The van der Waals surface area contributed by atoms with E-state index < -0.39 is 64.5 Å². The van der Waals surface area contributed by atoms with Gasteiger partial charge in [0.05, 0.1) is 12.5 Å². The maximum absolute atomic E-state index is 12.8. The smallest absolute Gasteiger partial charge is 0.404 e. The second-order valence-corrected chi connectivity index (χ2v) is 17.3. The van der Waals surface area contributed by atoms with E-state index >= 15 is 0 Å². The Labute approximate surface area is 363 Å². The van der Waals surface area contributed by atoms with Gasteiger partial charge in [0.25, 0.3) is 23.6 Å². The fourth-order valence-electron chi connectivity index (χ4n) is 5.94. The summed E-state index contributed by atoms with van der Waals surface area (Å²) in [6.07, 6.45) is 1.89. The molecule has 0 bridgehead atoms. The van der Waals surface area contributed by atoms with E-state index in [1.807, 2.05) is 0 Å². The van der Waals surface area contributed by atoms with Gasteiger partial charge in [0.15, 0.2) is 16.6 Å². The van der Waals surface area contributed by atoms with Crippen molar-refractivity contribution in [2.45, 2.75) is 27.0 Å². The van der Waals surface area contributed by atoms with Gasteiger partial charge in [-0.15, -0.1) is 51.7 Å². The predicted octanol–water partition coefficient (Wildman–Crippen LogP) is -0.0778. The number of nitrogens with one attached hydrogen (secondary N) is 2. The number of anilines is 1. The molecule has 8 N–H and O–H groups in total. The minimum absolute atomic E-state index is 0.0488. The van der Waals surface area contributed by atoms with E-state index in [-0.39, 0.29) is 57.3 Å². The highest BCUT2D eigenvalue weighted by molar-refractivity contribution is 8.02. The van der Waals surface area contributed by atoms with Crippen LogP contribution >= 0.6 is 58.2 Å². The second-order valence-electron chi connectivity index (χ2n) is 12.2. The first-order valence-electron chi connectivity index (χ1n) is 17.0. The molecule has 4 aliphatic rings. The van der Waals surface area contributed by atoms with Crippen LogP contribution in [0.4, 0.5) is 9.93 Å². The number of primary amides is 1. The van der Waals surface area contributed by atoms with E-state index in [4.69, 9.17) is 20.7 Å². The van der Waals surface area contributed by atoms with Crippen LogP contribution in [0.2, 0.25) is 0 Å². The molecule has 0 aromatic carbocycles. The Hall–Kier alpha value is -6.17. The van der Waals surface area contributed by atoms with Crippen molar-refractivity contribution in [2.75, 3.05) is 43.8 Å². The number of nitrogens with zero attached hydrogens (tertiary/aromatic N) is 7. The molecule has 29 heteroatoms. The maximum atomic E-state index is 12.8. The molecule has 0 spiro atoms. The first kappa shape index (κ1) is 44.4. The fraction of sp³-hybridized carbons (Fsp3) is 0.312. The molecule has 4 aliphatic heterocycles. The van der Waals surface area contributed by atoms with Gasteiger partial charge < -0.3 is 51.1 Å². The van der Waals surface area contributed by atoms with Crippen LogP contribution in [0.15, 0.2) is 71.5 Å². The lowest BCUT2D eigenvalue weighted by molar-refractivity contribution is -0.150. The van der Waals surface area contributed by atoms with Crippen LogP contribution in [0.1, 0.15) is 11.5 Å². The van der Waals surface area contributed by atoms with Crippen LogP contribution in [0.3, 0.4) is 0 Å². The van der Waals surface area contributed by atoms with Gasteiger partial charge in [-0.05, 0) is 29.2 Å². The Morgan fingerprint density at radius 3 is 2.05 bits per heavy atom. The number of ether oxygens (including phenoxy) is 1. The molecule has 3 aromatic rings. The van der Waals surface area contributed by atoms with Crippen LogP contribution in [-0.4, -0.2) is 149 Å². The molecule has 24 nitrogen and oxygen atoms in total. The summed E-state index contributed by atoms with van der Waals surface area (Å²) in [5.74, 6) is -3.95. The Morgan fingerprint density at radius 1 is 0.951 bits per heavy atom. The number of amides is 5. The number of hydrogen-bond donors (Lipinski definition) is 6. The molecule has 7 rings (SSSR count). The summed E-state index contributed by atoms with van der Waals surface area (Å²) in [7, 11) is 2.53. The molecule has 4 atom stereocenters. The fourth-order valence-corrected chi connectivity index (χ4v) is 10.7. The van der Waals surface area contributed by atoms with Gasteiger partial charge in [0.1, 0.15) is 65.0 Å². The second kappa shape index (κ2) is 19.5. The van der Waals surface area contributed by atoms with E-state index in [1.165, 1.54) is 78.3 Å². The van der Waals surface area contributed by atoms with Gasteiger partial charge in [0.2, 0.25) is 5.71 Å².